The summed E-state index contributed by atoms with van der Waals surface area (Å²) in [6.45, 7) is -0.117. The van der Waals surface area contributed by atoms with E-state index in [2.05, 4.69) is 4.74 Å². The molecule has 1 aromatic rings. The monoisotopic (exact) mass is 340 g/mol. The Kier molecular flexibility index (Phi) is 6.05. The first-order chi connectivity index (χ1) is 10.6. The van der Waals surface area contributed by atoms with Crippen molar-refractivity contribution in [2.24, 2.45) is 0 Å². The quantitative estimate of drug-likeness (QED) is 0.586. The van der Waals surface area contributed by atoms with Crippen LogP contribution in [0.1, 0.15) is 34.1 Å². The molecule has 0 aliphatic rings. The van der Waals surface area contributed by atoms with E-state index in [1.165, 1.54) is 12.1 Å². The number of hydrogen-bond donors (Lipinski definition) is 0. The highest BCUT2D eigenvalue weighted by Gasteiger charge is 2.58. The van der Waals surface area contributed by atoms with Gasteiger partial charge >= 0.3 is 24.0 Å². The maximum Gasteiger partial charge on any atom is 0.456 e. The van der Waals surface area contributed by atoms with Gasteiger partial charge in [-0.1, -0.05) is 6.92 Å². The summed E-state index contributed by atoms with van der Waals surface area (Å²) in [5, 5.41) is 0. The molecule has 0 heterocycles. The van der Waals surface area contributed by atoms with Crippen molar-refractivity contribution < 1.29 is 41.0 Å². The minimum atomic E-state index is -5.81. The molecule has 0 aliphatic heterocycles. The minimum Gasteiger partial charge on any atom is -0.462 e. The maximum absolute atomic E-state index is 12.6. The molecule has 1 rings (SSSR count). The fourth-order valence-corrected chi connectivity index (χ4v) is 1.34. The van der Waals surface area contributed by atoms with E-state index in [1.807, 2.05) is 0 Å². The molecule has 9 heteroatoms. The van der Waals surface area contributed by atoms with Crippen molar-refractivity contribution in [2.45, 2.75) is 25.4 Å². The largest absolute Gasteiger partial charge is 0.462 e. The van der Waals surface area contributed by atoms with E-state index in [4.69, 9.17) is 4.74 Å². The van der Waals surface area contributed by atoms with Gasteiger partial charge in [0.15, 0.2) is 6.61 Å². The Labute approximate surface area is 128 Å². The SMILES string of the molecule is CCCOC(=O)c1ccc(C(=O)OCC(F)(F)C(F)(F)F)cc1. The second kappa shape index (κ2) is 7.38. The molecule has 0 spiro atoms. The van der Waals surface area contributed by atoms with E-state index in [9.17, 15) is 31.5 Å². The molecule has 0 aromatic heterocycles. The molecule has 0 atom stereocenters. The average molecular weight is 340 g/mol. The summed E-state index contributed by atoms with van der Waals surface area (Å²) in [5.41, 5.74) is -0.161. The van der Waals surface area contributed by atoms with Crippen molar-refractivity contribution in [1.29, 1.82) is 0 Å². The third kappa shape index (κ3) is 5.19. The number of alkyl halides is 5. The lowest BCUT2D eigenvalue weighted by molar-refractivity contribution is -0.292. The number of carbonyl (C=O) groups excluding carboxylic acids is 2. The lowest BCUT2D eigenvalue weighted by Gasteiger charge is -2.19. The first-order valence-corrected chi connectivity index (χ1v) is 6.47. The summed E-state index contributed by atoms with van der Waals surface area (Å²) in [6, 6.07) is 4.49. The highest BCUT2D eigenvalue weighted by atomic mass is 19.4. The smallest absolute Gasteiger partial charge is 0.456 e. The van der Waals surface area contributed by atoms with E-state index in [0.29, 0.717) is 6.42 Å². The van der Waals surface area contributed by atoms with Crippen LogP contribution in [0.15, 0.2) is 24.3 Å². The fraction of sp³-hybridized carbons (Fsp3) is 0.429. The van der Waals surface area contributed by atoms with Crippen molar-refractivity contribution in [1.82, 2.24) is 0 Å². The predicted molar refractivity (Wildman–Crippen MR) is 68.3 cm³/mol. The normalized spacial score (nSPS) is 11.9. The van der Waals surface area contributed by atoms with Gasteiger partial charge in [0.1, 0.15) is 0 Å². The topological polar surface area (TPSA) is 52.6 Å². The number of rotatable bonds is 6. The van der Waals surface area contributed by atoms with Crippen molar-refractivity contribution in [3.05, 3.63) is 35.4 Å². The van der Waals surface area contributed by atoms with Crippen LogP contribution in [0.5, 0.6) is 0 Å². The van der Waals surface area contributed by atoms with Gasteiger partial charge < -0.3 is 9.47 Å². The second-order valence-electron chi connectivity index (χ2n) is 4.49. The van der Waals surface area contributed by atoms with E-state index in [1.54, 1.807) is 6.92 Å². The summed E-state index contributed by atoms with van der Waals surface area (Å²) in [6.07, 6.45) is -5.19. The molecule has 0 saturated heterocycles. The van der Waals surface area contributed by atoms with Gasteiger partial charge in [-0.05, 0) is 30.7 Å². The molecule has 1 aromatic carbocycles. The molecular formula is C14H13F5O4. The molecule has 0 amide bonds. The van der Waals surface area contributed by atoms with Crippen molar-refractivity contribution in [2.75, 3.05) is 13.2 Å². The number of halogens is 5. The summed E-state index contributed by atoms with van der Waals surface area (Å²) >= 11 is 0. The van der Waals surface area contributed by atoms with E-state index in [0.717, 1.165) is 12.1 Å². The van der Waals surface area contributed by atoms with Gasteiger partial charge in [-0.25, -0.2) is 9.59 Å². The summed E-state index contributed by atoms with van der Waals surface area (Å²) in [5.74, 6) is -7.13. The summed E-state index contributed by atoms with van der Waals surface area (Å²) < 4.78 is 69.9. The molecule has 0 saturated carbocycles. The third-order valence-electron chi connectivity index (χ3n) is 2.59. The zero-order valence-corrected chi connectivity index (χ0v) is 12.0. The number of carbonyl (C=O) groups is 2. The Bertz CT molecular complexity index is 551. The molecule has 0 N–H and O–H groups in total. The highest BCUT2D eigenvalue weighted by molar-refractivity contribution is 5.93. The van der Waals surface area contributed by atoms with Crippen molar-refractivity contribution >= 4 is 11.9 Å². The van der Waals surface area contributed by atoms with Crippen LogP contribution in [0.3, 0.4) is 0 Å². The number of ether oxygens (including phenoxy) is 2. The third-order valence-corrected chi connectivity index (χ3v) is 2.59. The van der Waals surface area contributed by atoms with Gasteiger partial charge in [0.25, 0.3) is 0 Å². The molecule has 128 valence electrons. The first-order valence-electron chi connectivity index (χ1n) is 6.47. The van der Waals surface area contributed by atoms with Gasteiger partial charge in [0.2, 0.25) is 0 Å². The van der Waals surface area contributed by atoms with Gasteiger partial charge in [0.05, 0.1) is 17.7 Å². The van der Waals surface area contributed by atoms with E-state index >= 15 is 0 Å². The number of esters is 2. The zero-order valence-electron chi connectivity index (χ0n) is 12.0. The molecule has 0 aliphatic carbocycles. The van der Waals surface area contributed by atoms with Gasteiger partial charge in [-0.15, -0.1) is 0 Å². The van der Waals surface area contributed by atoms with Crippen LogP contribution >= 0.6 is 0 Å². The molecular weight excluding hydrogens is 327 g/mol. The molecule has 4 nitrogen and oxygen atoms in total. The van der Waals surface area contributed by atoms with Crippen LogP contribution in [0.25, 0.3) is 0 Å². The lowest BCUT2D eigenvalue weighted by Crippen LogP contribution is -2.41. The Morgan fingerprint density at radius 2 is 1.35 bits per heavy atom. The summed E-state index contributed by atoms with van der Waals surface area (Å²) in [7, 11) is 0. The van der Waals surface area contributed by atoms with Crippen LogP contribution in [0.2, 0.25) is 0 Å². The fourth-order valence-electron chi connectivity index (χ4n) is 1.34. The molecule has 0 radical (unpaired) electrons. The van der Waals surface area contributed by atoms with Crippen molar-refractivity contribution in [3.8, 4) is 0 Å². The van der Waals surface area contributed by atoms with E-state index in [-0.39, 0.29) is 17.7 Å². The molecule has 0 bridgehead atoms. The van der Waals surface area contributed by atoms with Crippen LogP contribution in [0.4, 0.5) is 22.0 Å². The van der Waals surface area contributed by atoms with Crippen LogP contribution in [0, 0.1) is 0 Å². The molecule has 23 heavy (non-hydrogen) atoms. The minimum absolute atomic E-state index is 0.107. The van der Waals surface area contributed by atoms with Crippen molar-refractivity contribution in [3.63, 3.8) is 0 Å². The van der Waals surface area contributed by atoms with Gasteiger partial charge in [-0.3, -0.25) is 0 Å². The average Bonchev–Trinajstić information content (AvgIpc) is 2.49. The highest BCUT2D eigenvalue weighted by Crippen LogP contribution is 2.35. The molecule has 0 unspecified atom stereocenters. The number of hydrogen-bond acceptors (Lipinski definition) is 4. The van der Waals surface area contributed by atoms with Crippen LogP contribution < -0.4 is 0 Å². The van der Waals surface area contributed by atoms with Crippen LogP contribution in [-0.2, 0) is 9.47 Å². The first kappa shape index (κ1) is 18.9. The predicted octanol–water partition coefficient (Wildman–Crippen LogP) is 3.61. The zero-order chi connectivity index (χ0) is 17.7. The van der Waals surface area contributed by atoms with E-state index < -0.39 is 30.6 Å². The Balaban J connectivity index is 2.66. The Hall–Kier alpha value is -2.19. The summed E-state index contributed by atoms with van der Waals surface area (Å²) in [4.78, 5) is 22.9. The Morgan fingerprint density at radius 1 is 0.913 bits per heavy atom. The van der Waals surface area contributed by atoms with Crippen LogP contribution in [-0.4, -0.2) is 37.3 Å². The van der Waals surface area contributed by atoms with Gasteiger partial charge in [-0.2, -0.15) is 22.0 Å². The van der Waals surface area contributed by atoms with Gasteiger partial charge in [0, 0.05) is 0 Å². The number of benzene rings is 1. The lowest BCUT2D eigenvalue weighted by atomic mass is 10.1. The Morgan fingerprint density at radius 3 is 1.74 bits per heavy atom. The second-order valence-corrected chi connectivity index (χ2v) is 4.49. The maximum atomic E-state index is 12.6. The molecule has 0 fully saturated rings. The standard InChI is InChI=1S/C14H13F5O4/c1-2-7-22-11(20)9-3-5-10(6-4-9)12(21)23-8-13(15,16)14(17,18)19/h3-6H,2,7-8H2,1H3.